The summed E-state index contributed by atoms with van der Waals surface area (Å²) < 4.78 is 15.3. The van der Waals surface area contributed by atoms with Crippen LogP contribution in [0.1, 0.15) is 34.1 Å². The van der Waals surface area contributed by atoms with Crippen LogP contribution >= 0.6 is 0 Å². The van der Waals surface area contributed by atoms with Crippen LogP contribution in [0.3, 0.4) is 0 Å². The van der Waals surface area contributed by atoms with Crippen LogP contribution in [0.4, 0.5) is 0 Å². The molecule has 0 radical (unpaired) electrons. The van der Waals surface area contributed by atoms with Crippen molar-refractivity contribution in [2.24, 2.45) is 0 Å². The standard InChI is InChI=1S/C10H20O5/c1-5-7(3)14-10(9(11)12)15-8(4)13-6-2/h7-8,10H,5-6H2,1-4H3,(H,11,12). The predicted octanol–water partition coefficient (Wildman–Crippen LogP) is 1.61. The molecule has 0 aromatic heterocycles. The van der Waals surface area contributed by atoms with Crippen molar-refractivity contribution in [1.82, 2.24) is 0 Å². The zero-order valence-electron chi connectivity index (χ0n) is 9.73. The van der Waals surface area contributed by atoms with Crippen LogP contribution in [0.25, 0.3) is 0 Å². The summed E-state index contributed by atoms with van der Waals surface area (Å²) in [5.41, 5.74) is 0. The molecule has 0 heterocycles. The highest BCUT2D eigenvalue weighted by Gasteiger charge is 2.23. The van der Waals surface area contributed by atoms with Crippen molar-refractivity contribution in [3.63, 3.8) is 0 Å². The Morgan fingerprint density at radius 1 is 1.27 bits per heavy atom. The predicted molar refractivity (Wildman–Crippen MR) is 54.4 cm³/mol. The SMILES string of the molecule is CCOC(C)OC(OC(C)CC)C(=O)O. The van der Waals surface area contributed by atoms with E-state index in [4.69, 9.17) is 19.3 Å². The molecule has 0 saturated heterocycles. The van der Waals surface area contributed by atoms with Crippen molar-refractivity contribution in [3.8, 4) is 0 Å². The van der Waals surface area contributed by atoms with Crippen molar-refractivity contribution in [1.29, 1.82) is 0 Å². The number of carboxylic acid groups (broad SMARTS) is 1. The molecular weight excluding hydrogens is 200 g/mol. The van der Waals surface area contributed by atoms with Gasteiger partial charge in [-0.05, 0) is 27.2 Å². The summed E-state index contributed by atoms with van der Waals surface area (Å²) in [5.74, 6) is -1.14. The Morgan fingerprint density at radius 2 is 1.87 bits per heavy atom. The van der Waals surface area contributed by atoms with Gasteiger partial charge in [0.25, 0.3) is 6.29 Å². The number of hydrogen-bond acceptors (Lipinski definition) is 4. The number of ether oxygens (including phenoxy) is 3. The third-order valence-electron chi connectivity index (χ3n) is 1.85. The molecule has 0 saturated carbocycles. The average Bonchev–Trinajstić information content (AvgIpc) is 2.16. The first kappa shape index (κ1) is 14.3. The van der Waals surface area contributed by atoms with E-state index in [1.165, 1.54) is 0 Å². The molecule has 0 aliphatic carbocycles. The topological polar surface area (TPSA) is 65.0 Å². The highest BCUT2D eigenvalue weighted by molar-refractivity contribution is 5.70. The monoisotopic (exact) mass is 220 g/mol. The van der Waals surface area contributed by atoms with Gasteiger partial charge in [0, 0.05) is 6.61 Å². The van der Waals surface area contributed by atoms with Gasteiger partial charge in [0.2, 0.25) is 0 Å². The summed E-state index contributed by atoms with van der Waals surface area (Å²) in [6.07, 6.45) is -1.27. The molecule has 3 unspecified atom stereocenters. The Morgan fingerprint density at radius 3 is 2.27 bits per heavy atom. The van der Waals surface area contributed by atoms with Crippen LogP contribution in [0.2, 0.25) is 0 Å². The largest absolute Gasteiger partial charge is 0.477 e. The molecule has 1 N–H and O–H groups in total. The first-order chi connectivity index (χ1) is 7.01. The maximum Gasteiger partial charge on any atom is 0.361 e. The molecule has 0 aliphatic rings. The summed E-state index contributed by atoms with van der Waals surface area (Å²) >= 11 is 0. The van der Waals surface area contributed by atoms with Gasteiger partial charge >= 0.3 is 5.97 Å². The molecule has 0 aliphatic heterocycles. The van der Waals surface area contributed by atoms with Gasteiger partial charge in [-0.2, -0.15) is 0 Å². The molecule has 0 spiro atoms. The lowest BCUT2D eigenvalue weighted by Crippen LogP contribution is -2.34. The summed E-state index contributed by atoms with van der Waals surface area (Å²) in [6.45, 7) is 7.63. The molecule has 0 amide bonds. The van der Waals surface area contributed by atoms with Crippen molar-refractivity contribution in [2.75, 3.05) is 6.61 Å². The van der Waals surface area contributed by atoms with E-state index < -0.39 is 18.5 Å². The fourth-order valence-corrected chi connectivity index (χ4v) is 0.904. The van der Waals surface area contributed by atoms with Crippen LogP contribution < -0.4 is 0 Å². The minimum atomic E-state index is -1.26. The Bertz CT molecular complexity index is 183. The fourth-order valence-electron chi connectivity index (χ4n) is 0.904. The van der Waals surface area contributed by atoms with Gasteiger partial charge in [-0.25, -0.2) is 4.79 Å². The van der Waals surface area contributed by atoms with Gasteiger partial charge in [-0.3, -0.25) is 0 Å². The van der Waals surface area contributed by atoms with Gasteiger partial charge in [-0.15, -0.1) is 0 Å². The van der Waals surface area contributed by atoms with Gasteiger partial charge in [0.1, 0.15) is 0 Å². The second-order valence-corrected chi connectivity index (χ2v) is 3.18. The van der Waals surface area contributed by atoms with Crippen LogP contribution in [0.5, 0.6) is 0 Å². The lowest BCUT2D eigenvalue weighted by Gasteiger charge is -2.21. The van der Waals surface area contributed by atoms with Crippen LogP contribution in [-0.4, -0.2) is 36.4 Å². The van der Waals surface area contributed by atoms with Crippen molar-refractivity contribution >= 4 is 5.97 Å². The van der Waals surface area contributed by atoms with E-state index in [2.05, 4.69) is 0 Å². The number of aliphatic carboxylic acids is 1. The quantitative estimate of drug-likeness (QED) is 0.629. The number of carboxylic acids is 1. The Labute approximate surface area is 90.3 Å². The van der Waals surface area contributed by atoms with Gasteiger partial charge in [0.05, 0.1) is 6.10 Å². The maximum absolute atomic E-state index is 10.8. The van der Waals surface area contributed by atoms with E-state index in [1.54, 1.807) is 13.8 Å². The lowest BCUT2D eigenvalue weighted by molar-refractivity contribution is -0.251. The normalized spacial score (nSPS) is 17.1. The maximum atomic E-state index is 10.8. The smallest absolute Gasteiger partial charge is 0.361 e. The number of carbonyl (C=O) groups is 1. The van der Waals surface area contributed by atoms with Gasteiger partial charge in [0.15, 0.2) is 6.29 Å². The molecule has 0 aromatic carbocycles. The first-order valence-corrected chi connectivity index (χ1v) is 5.16. The van der Waals surface area contributed by atoms with Crippen LogP contribution in [0, 0.1) is 0 Å². The highest BCUT2D eigenvalue weighted by atomic mass is 16.8. The van der Waals surface area contributed by atoms with E-state index in [9.17, 15) is 4.79 Å². The second-order valence-electron chi connectivity index (χ2n) is 3.18. The van der Waals surface area contributed by atoms with Gasteiger partial charge in [-0.1, -0.05) is 6.92 Å². The number of hydrogen-bond donors (Lipinski definition) is 1. The van der Waals surface area contributed by atoms with Gasteiger partial charge < -0.3 is 19.3 Å². The van der Waals surface area contributed by atoms with E-state index in [-0.39, 0.29) is 6.10 Å². The zero-order chi connectivity index (χ0) is 11.8. The van der Waals surface area contributed by atoms with Crippen molar-refractivity contribution in [2.45, 2.75) is 52.8 Å². The van der Waals surface area contributed by atoms with Crippen LogP contribution in [0.15, 0.2) is 0 Å². The molecule has 0 bridgehead atoms. The average molecular weight is 220 g/mol. The molecule has 5 nitrogen and oxygen atoms in total. The Hall–Kier alpha value is -0.650. The lowest BCUT2D eigenvalue weighted by atomic mass is 10.3. The van der Waals surface area contributed by atoms with Crippen molar-refractivity contribution in [3.05, 3.63) is 0 Å². The highest BCUT2D eigenvalue weighted by Crippen LogP contribution is 2.07. The molecular formula is C10H20O5. The molecule has 90 valence electrons. The zero-order valence-corrected chi connectivity index (χ0v) is 9.73. The first-order valence-electron chi connectivity index (χ1n) is 5.16. The third kappa shape index (κ3) is 6.43. The molecule has 15 heavy (non-hydrogen) atoms. The number of rotatable bonds is 8. The van der Waals surface area contributed by atoms with E-state index in [0.717, 1.165) is 6.42 Å². The van der Waals surface area contributed by atoms with E-state index in [1.807, 2.05) is 13.8 Å². The fraction of sp³-hybridized carbons (Fsp3) is 0.900. The molecule has 5 heteroatoms. The summed E-state index contributed by atoms with van der Waals surface area (Å²) in [5, 5.41) is 8.83. The molecule has 3 atom stereocenters. The third-order valence-corrected chi connectivity index (χ3v) is 1.85. The Balaban J connectivity index is 4.09. The minimum absolute atomic E-state index is 0.153. The minimum Gasteiger partial charge on any atom is -0.477 e. The van der Waals surface area contributed by atoms with Crippen LogP contribution in [-0.2, 0) is 19.0 Å². The summed E-state index contributed by atoms with van der Waals surface area (Å²) in [7, 11) is 0. The molecule has 0 rings (SSSR count). The summed E-state index contributed by atoms with van der Waals surface area (Å²) in [6, 6.07) is 0. The second kappa shape index (κ2) is 7.62. The molecule has 0 aromatic rings. The molecule has 0 fully saturated rings. The summed E-state index contributed by atoms with van der Waals surface area (Å²) in [4.78, 5) is 10.8. The van der Waals surface area contributed by atoms with Crippen molar-refractivity contribution < 1.29 is 24.1 Å². The van der Waals surface area contributed by atoms with E-state index in [0.29, 0.717) is 6.61 Å². The van der Waals surface area contributed by atoms with E-state index >= 15 is 0 Å². The Kier molecular flexibility index (Phi) is 7.29.